The Morgan fingerprint density at radius 1 is 1.33 bits per heavy atom. The molecule has 1 aliphatic rings. The molecule has 0 bridgehead atoms. The average molecular weight is 239 g/mol. The van der Waals surface area contributed by atoms with Gasteiger partial charge in [0, 0.05) is 13.1 Å². The minimum Gasteiger partial charge on any atom is -0.475 e. The van der Waals surface area contributed by atoms with Crippen LogP contribution in [-0.4, -0.2) is 17.3 Å². The molecule has 1 aliphatic heterocycles. The van der Waals surface area contributed by atoms with Gasteiger partial charge in [0.25, 0.3) is 0 Å². The van der Waals surface area contributed by atoms with E-state index < -0.39 is 12.1 Å². The number of carbonyl (C=O) groups is 1. The number of aliphatic carboxylic acids is 1. The summed E-state index contributed by atoms with van der Waals surface area (Å²) in [6.45, 7) is 2.16. The van der Waals surface area contributed by atoms with Crippen LogP contribution in [0.2, 0.25) is 0 Å². The lowest BCUT2D eigenvalue weighted by molar-refractivity contribution is -0.192. The number of fused-ring (bicyclic) bond motifs is 1. The number of nitrogens with one attached hydrogen (secondary N) is 1. The standard InChI is InChI=1S/C6H7NS.C2HF3O2/c1-5-3-8-4-6(5)2-7-1;3-2(4,5)1(6)7/h3-4,7H,1-2H2;(H,6,7). The molecule has 1 aromatic rings. The first-order chi connectivity index (χ1) is 6.91. The molecule has 3 nitrogen and oxygen atoms in total. The number of thiophene rings is 1. The molecular formula is C8H8F3NO2S. The third kappa shape index (κ3) is 3.52. The van der Waals surface area contributed by atoms with Crippen molar-refractivity contribution in [1.82, 2.24) is 5.32 Å². The fourth-order valence-electron chi connectivity index (χ4n) is 0.992. The summed E-state index contributed by atoms with van der Waals surface area (Å²) in [4.78, 5) is 8.90. The zero-order valence-corrected chi connectivity index (χ0v) is 8.28. The van der Waals surface area contributed by atoms with Crippen LogP contribution >= 0.6 is 11.3 Å². The van der Waals surface area contributed by atoms with Gasteiger partial charge < -0.3 is 10.4 Å². The lowest BCUT2D eigenvalue weighted by Gasteiger charge is -1.93. The van der Waals surface area contributed by atoms with Crippen molar-refractivity contribution in [2.75, 3.05) is 0 Å². The van der Waals surface area contributed by atoms with E-state index >= 15 is 0 Å². The van der Waals surface area contributed by atoms with Crippen molar-refractivity contribution in [3.05, 3.63) is 21.9 Å². The van der Waals surface area contributed by atoms with E-state index in [1.807, 2.05) is 0 Å². The highest BCUT2D eigenvalue weighted by Gasteiger charge is 2.38. The highest BCUT2D eigenvalue weighted by molar-refractivity contribution is 7.08. The zero-order chi connectivity index (χ0) is 11.5. The molecule has 1 aromatic heterocycles. The van der Waals surface area contributed by atoms with E-state index in [9.17, 15) is 13.2 Å². The van der Waals surface area contributed by atoms with E-state index in [1.165, 1.54) is 11.1 Å². The summed E-state index contributed by atoms with van der Waals surface area (Å²) in [7, 11) is 0. The lowest BCUT2D eigenvalue weighted by Crippen LogP contribution is -2.21. The molecule has 2 N–H and O–H groups in total. The van der Waals surface area contributed by atoms with Crippen molar-refractivity contribution in [2.24, 2.45) is 0 Å². The van der Waals surface area contributed by atoms with Crippen molar-refractivity contribution in [2.45, 2.75) is 19.3 Å². The first-order valence-electron chi connectivity index (χ1n) is 3.96. The van der Waals surface area contributed by atoms with Crippen LogP contribution in [0, 0.1) is 0 Å². The summed E-state index contributed by atoms with van der Waals surface area (Å²) < 4.78 is 31.7. The molecule has 0 unspecified atom stereocenters. The van der Waals surface area contributed by atoms with Gasteiger partial charge >= 0.3 is 12.1 Å². The number of carboxylic acids is 1. The summed E-state index contributed by atoms with van der Waals surface area (Å²) in [5.41, 5.74) is 2.99. The summed E-state index contributed by atoms with van der Waals surface area (Å²) in [5.74, 6) is -2.76. The Morgan fingerprint density at radius 2 is 1.73 bits per heavy atom. The Labute approximate surface area is 87.5 Å². The van der Waals surface area contributed by atoms with E-state index in [2.05, 4.69) is 16.1 Å². The quantitative estimate of drug-likeness (QED) is 0.727. The van der Waals surface area contributed by atoms with Crippen molar-refractivity contribution in [3.8, 4) is 0 Å². The number of hydrogen-bond acceptors (Lipinski definition) is 3. The topological polar surface area (TPSA) is 49.3 Å². The highest BCUT2D eigenvalue weighted by atomic mass is 32.1. The lowest BCUT2D eigenvalue weighted by atomic mass is 10.2. The van der Waals surface area contributed by atoms with Gasteiger partial charge in [-0.15, -0.1) is 0 Å². The molecule has 84 valence electrons. The SMILES string of the molecule is O=C(O)C(F)(F)F.c1scc2c1CNC2. The second-order valence-corrected chi connectivity index (χ2v) is 3.57. The third-order valence-electron chi connectivity index (χ3n) is 1.71. The Bertz CT molecular complexity index is 329. The van der Waals surface area contributed by atoms with Crippen molar-refractivity contribution >= 4 is 17.3 Å². The molecule has 2 heterocycles. The number of rotatable bonds is 0. The maximum Gasteiger partial charge on any atom is 0.490 e. The van der Waals surface area contributed by atoms with Crippen LogP contribution in [-0.2, 0) is 17.9 Å². The Balaban J connectivity index is 0.000000153. The van der Waals surface area contributed by atoms with Crippen LogP contribution in [0.15, 0.2) is 10.8 Å². The van der Waals surface area contributed by atoms with E-state index in [1.54, 1.807) is 11.3 Å². The predicted molar refractivity (Wildman–Crippen MR) is 48.6 cm³/mol. The summed E-state index contributed by atoms with van der Waals surface area (Å²) in [6.07, 6.45) is -5.08. The van der Waals surface area contributed by atoms with Gasteiger partial charge in [0.15, 0.2) is 0 Å². The number of alkyl halides is 3. The molecule has 0 aromatic carbocycles. The van der Waals surface area contributed by atoms with Gasteiger partial charge in [-0.05, 0) is 21.9 Å². The third-order valence-corrected chi connectivity index (χ3v) is 2.55. The number of carboxylic acid groups (broad SMARTS) is 1. The molecule has 7 heteroatoms. The molecule has 0 aliphatic carbocycles. The van der Waals surface area contributed by atoms with Crippen molar-refractivity contribution in [1.29, 1.82) is 0 Å². The minimum atomic E-state index is -5.08. The van der Waals surface area contributed by atoms with Gasteiger partial charge in [-0.3, -0.25) is 0 Å². The molecule has 0 saturated carbocycles. The fraction of sp³-hybridized carbons (Fsp3) is 0.375. The Morgan fingerprint density at radius 3 is 2.07 bits per heavy atom. The van der Waals surface area contributed by atoms with E-state index in [-0.39, 0.29) is 0 Å². The molecule has 0 spiro atoms. The first-order valence-corrected chi connectivity index (χ1v) is 4.90. The van der Waals surface area contributed by atoms with Crippen molar-refractivity contribution < 1.29 is 23.1 Å². The van der Waals surface area contributed by atoms with E-state index in [4.69, 9.17) is 9.90 Å². The van der Waals surface area contributed by atoms with Crippen molar-refractivity contribution in [3.63, 3.8) is 0 Å². The van der Waals surface area contributed by atoms with Crippen LogP contribution in [0.25, 0.3) is 0 Å². The van der Waals surface area contributed by atoms with Crippen LogP contribution in [0.1, 0.15) is 11.1 Å². The van der Waals surface area contributed by atoms with E-state index in [0.717, 1.165) is 13.1 Å². The Hall–Kier alpha value is -1.08. The van der Waals surface area contributed by atoms with Gasteiger partial charge in [-0.25, -0.2) is 4.79 Å². The summed E-state index contributed by atoms with van der Waals surface area (Å²) in [6, 6.07) is 0. The maximum atomic E-state index is 10.6. The van der Waals surface area contributed by atoms with Crippen LogP contribution in [0.4, 0.5) is 13.2 Å². The fourth-order valence-corrected chi connectivity index (χ4v) is 1.86. The van der Waals surface area contributed by atoms with Crippen LogP contribution in [0.5, 0.6) is 0 Å². The van der Waals surface area contributed by atoms with Gasteiger partial charge in [0.1, 0.15) is 0 Å². The smallest absolute Gasteiger partial charge is 0.475 e. The molecule has 0 fully saturated rings. The second-order valence-electron chi connectivity index (χ2n) is 2.83. The first kappa shape index (κ1) is 12.0. The Kier molecular flexibility index (Phi) is 3.70. The summed E-state index contributed by atoms with van der Waals surface area (Å²) in [5, 5.41) is 14.8. The molecule has 0 radical (unpaired) electrons. The predicted octanol–water partition coefficient (Wildman–Crippen LogP) is 1.98. The molecular weight excluding hydrogens is 231 g/mol. The van der Waals surface area contributed by atoms with Gasteiger partial charge in [0.05, 0.1) is 0 Å². The van der Waals surface area contributed by atoms with Gasteiger partial charge in [-0.1, -0.05) is 0 Å². The highest BCUT2D eigenvalue weighted by Crippen LogP contribution is 2.18. The zero-order valence-electron chi connectivity index (χ0n) is 7.47. The average Bonchev–Trinajstić information content (AvgIpc) is 2.61. The monoisotopic (exact) mass is 239 g/mol. The van der Waals surface area contributed by atoms with Gasteiger partial charge in [-0.2, -0.15) is 24.5 Å². The minimum absolute atomic E-state index is 1.08. The number of halogens is 3. The molecule has 0 atom stereocenters. The summed E-state index contributed by atoms with van der Waals surface area (Å²) >= 11 is 1.80. The molecule has 2 rings (SSSR count). The molecule has 15 heavy (non-hydrogen) atoms. The van der Waals surface area contributed by atoms with Gasteiger partial charge in [0.2, 0.25) is 0 Å². The van der Waals surface area contributed by atoms with Crippen LogP contribution < -0.4 is 5.32 Å². The normalized spacial score (nSPS) is 14.1. The van der Waals surface area contributed by atoms with Crippen LogP contribution in [0.3, 0.4) is 0 Å². The molecule has 0 saturated heterocycles. The second kappa shape index (κ2) is 4.63. The number of hydrogen-bond donors (Lipinski definition) is 2. The maximum absolute atomic E-state index is 10.6. The van der Waals surface area contributed by atoms with E-state index in [0.29, 0.717) is 0 Å². The molecule has 0 amide bonds. The largest absolute Gasteiger partial charge is 0.490 e.